The minimum absolute atomic E-state index is 0. The molecular formula is C68H52N4OPt-2. The zero-order valence-corrected chi connectivity index (χ0v) is 43.4. The van der Waals surface area contributed by atoms with Crippen LogP contribution < -0.4 is 9.30 Å². The monoisotopic (exact) mass is 1150 g/mol. The van der Waals surface area contributed by atoms with Crippen molar-refractivity contribution in [2.24, 2.45) is 0 Å². The zero-order valence-electron chi connectivity index (χ0n) is 54.1. The van der Waals surface area contributed by atoms with Gasteiger partial charge in [0.2, 0.25) is 0 Å². The maximum Gasteiger partial charge on any atom is 0.268 e. The van der Waals surface area contributed by atoms with Gasteiger partial charge in [-0.3, -0.25) is 4.57 Å². The number of hydrogen-bond donors (Lipinski definition) is 0. The largest absolute Gasteiger partial charge is 0.510 e. The standard InChI is InChI=1S/C68H52N4O.Pt/c1-67(2,3)47-32-30-45(31-33-47)52-27-17-28-59-55-24-12-10-22-53(55)54-23-11-13-25-56(54)60-38-46(44-18-8-7-9-19-44)39-63-66(60)71(65(52)59)43-70(63)49-20-16-21-50(41-49)73-51-34-35-58-57-26-14-15-29-61(57)72(62(58)42-51)64-40-48(36-37-69-64)68(4,5)6;/h7-40H,1-6H3;/q-2;/i7D,8D,9D,10D,11D,12D,13D,18D,19D,22D,23D,24D,25D;. The van der Waals surface area contributed by atoms with E-state index < -0.39 is 78.6 Å². The number of hydrogen-bond acceptors (Lipinski definition) is 2. The van der Waals surface area contributed by atoms with E-state index in [1.165, 1.54) is 6.07 Å². The summed E-state index contributed by atoms with van der Waals surface area (Å²) in [5.74, 6) is 1.32. The molecule has 0 fully saturated rings. The predicted octanol–water partition coefficient (Wildman–Crippen LogP) is 16.8. The van der Waals surface area contributed by atoms with Crippen LogP contribution in [0.15, 0.2) is 206 Å². The Labute approximate surface area is 465 Å². The molecule has 0 N–H and O–H groups in total. The van der Waals surface area contributed by atoms with Crippen molar-refractivity contribution in [2.75, 3.05) is 0 Å². The third-order valence-electron chi connectivity index (χ3n) is 13.6. The average molecular weight is 1150 g/mol. The minimum atomic E-state index is -0.662. The summed E-state index contributed by atoms with van der Waals surface area (Å²) >= 11 is 0. The molecule has 362 valence electrons. The Hall–Kier alpha value is -8.11. The Bertz CT molecular complexity index is 4900. The fraction of sp³-hybridized carbons (Fsp3) is 0.118. The maximum atomic E-state index is 9.87. The van der Waals surface area contributed by atoms with Crippen LogP contribution in [0.1, 0.15) is 70.5 Å². The van der Waals surface area contributed by atoms with Crippen LogP contribution in [-0.4, -0.2) is 14.1 Å². The van der Waals surface area contributed by atoms with Gasteiger partial charge in [0.25, 0.3) is 6.33 Å². The number of para-hydroxylation sites is 2. The van der Waals surface area contributed by atoms with Gasteiger partial charge < -0.3 is 13.9 Å². The topological polar surface area (TPSA) is 35.9 Å². The SMILES string of the molecule is [2H]c1c([2H])c([2H])c(-c2cc3c4c(c2)n(-c2[c-]c(Oc5[c-]c6c(cc5)c5ccccc5n6-c5cc(C(C)(C)C)ccn5)ccc2)[c-][n+]4-c2c(-c4ccc(C(C)(C)C)cc4)cccc2-c2c([2H])c([2H])c([2H])c([2H])c2-c2c([2H])c([2H])c([2H])c([2H])c2-3)c([2H])c1[2H].[Pt]. The van der Waals surface area contributed by atoms with Gasteiger partial charge in [0.1, 0.15) is 5.82 Å². The van der Waals surface area contributed by atoms with E-state index in [0.29, 0.717) is 34.1 Å². The molecule has 3 aromatic heterocycles. The van der Waals surface area contributed by atoms with Crippen LogP contribution in [0, 0.1) is 18.5 Å². The average Bonchev–Trinajstić information content (AvgIpc) is 1.64. The van der Waals surface area contributed by atoms with E-state index in [1.807, 2.05) is 72.9 Å². The van der Waals surface area contributed by atoms with Gasteiger partial charge in [-0.2, -0.15) is 18.2 Å². The van der Waals surface area contributed by atoms with E-state index in [-0.39, 0.29) is 93.2 Å². The maximum absolute atomic E-state index is 9.87. The van der Waals surface area contributed by atoms with Gasteiger partial charge in [0, 0.05) is 44.3 Å². The van der Waals surface area contributed by atoms with Gasteiger partial charge in [-0.25, -0.2) is 4.98 Å². The number of nitrogens with zero attached hydrogens (tertiary/aromatic N) is 4. The van der Waals surface area contributed by atoms with Crippen molar-refractivity contribution in [3.05, 3.63) is 236 Å². The quantitative estimate of drug-likeness (QED) is 0.123. The Morgan fingerprint density at radius 2 is 1.16 bits per heavy atom. The summed E-state index contributed by atoms with van der Waals surface area (Å²) in [6, 6.07) is 37.2. The van der Waals surface area contributed by atoms with Gasteiger partial charge in [-0.15, -0.1) is 29.7 Å². The van der Waals surface area contributed by atoms with E-state index in [0.717, 1.165) is 32.9 Å². The van der Waals surface area contributed by atoms with Crippen molar-refractivity contribution < 1.29 is 48.2 Å². The van der Waals surface area contributed by atoms with Crippen molar-refractivity contribution >= 4 is 32.8 Å². The summed E-state index contributed by atoms with van der Waals surface area (Å²) in [5.41, 5.74) is 5.50. The van der Waals surface area contributed by atoms with E-state index in [1.54, 1.807) is 45.5 Å². The van der Waals surface area contributed by atoms with Crippen molar-refractivity contribution in [1.29, 1.82) is 0 Å². The van der Waals surface area contributed by atoms with Crippen LogP contribution in [-0.2, 0) is 31.9 Å². The molecular weight excluding hydrogens is 1080 g/mol. The third-order valence-corrected chi connectivity index (χ3v) is 13.6. The number of benzene rings is 9. The summed E-state index contributed by atoms with van der Waals surface area (Å²) in [6.45, 7) is 12.8. The summed E-state index contributed by atoms with van der Waals surface area (Å²) in [5, 5.41) is 1.93. The second-order valence-corrected chi connectivity index (χ2v) is 20.3. The first-order chi connectivity index (χ1) is 40.8. The first-order valence-electron chi connectivity index (χ1n) is 30.6. The fourth-order valence-corrected chi connectivity index (χ4v) is 10.00. The molecule has 0 atom stereocenters. The molecule has 1 aliphatic heterocycles. The molecule has 0 spiro atoms. The van der Waals surface area contributed by atoms with Crippen molar-refractivity contribution in [3.8, 4) is 84.3 Å². The Morgan fingerprint density at radius 1 is 0.514 bits per heavy atom. The number of fused-ring (bicyclic) bond motifs is 10. The molecule has 6 heteroatoms. The molecule has 1 aliphatic rings. The fourth-order valence-electron chi connectivity index (χ4n) is 10.00. The molecule has 74 heavy (non-hydrogen) atoms. The predicted molar refractivity (Wildman–Crippen MR) is 298 cm³/mol. The molecule has 13 rings (SSSR count). The first-order valence-corrected chi connectivity index (χ1v) is 24.1. The summed E-state index contributed by atoms with van der Waals surface area (Å²) in [7, 11) is 0. The minimum Gasteiger partial charge on any atom is -0.510 e. The molecule has 4 heterocycles. The van der Waals surface area contributed by atoms with Crippen LogP contribution in [0.25, 0.3) is 106 Å². The molecule has 0 aliphatic carbocycles. The molecule has 12 aromatic rings. The normalized spacial score (nSPS) is 14.5. The van der Waals surface area contributed by atoms with Gasteiger partial charge >= 0.3 is 0 Å². The third kappa shape index (κ3) is 7.98. The van der Waals surface area contributed by atoms with Crippen molar-refractivity contribution in [1.82, 2.24) is 14.1 Å². The van der Waals surface area contributed by atoms with Crippen LogP contribution in [0.3, 0.4) is 0 Å². The Balaban J connectivity index is 0.00000739. The van der Waals surface area contributed by atoms with Crippen LogP contribution in [0.5, 0.6) is 11.5 Å². The number of rotatable bonds is 6. The van der Waals surface area contributed by atoms with Gasteiger partial charge in [-0.05, 0) is 113 Å². The molecule has 0 bridgehead atoms. The van der Waals surface area contributed by atoms with Crippen LogP contribution in [0.2, 0.25) is 0 Å². The second kappa shape index (κ2) is 18.1. The summed E-state index contributed by atoms with van der Waals surface area (Å²) in [4.78, 5) is 4.84. The van der Waals surface area contributed by atoms with Gasteiger partial charge in [0.05, 0.1) is 34.5 Å². The number of ether oxygens (including phenoxy) is 1. The van der Waals surface area contributed by atoms with Gasteiger partial charge in [-0.1, -0.05) is 192 Å². The first kappa shape index (κ1) is 34.3. The summed E-state index contributed by atoms with van der Waals surface area (Å²) < 4.78 is 133. The van der Waals surface area contributed by atoms with E-state index >= 15 is 0 Å². The molecule has 0 saturated carbocycles. The molecule has 0 unspecified atom stereocenters. The number of pyridine rings is 1. The zero-order chi connectivity index (χ0) is 60.9. The van der Waals surface area contributed by atoms with Crippen LogP contribution >= 0.6 is 0 Å². The molecule has 0 amide bonds. The van der Waals surface area contributed by atoms with E-state index in [2.05, 4.69) is 76.7 Å². The van der Waals surface area contributed by atoms with Gasteiger partial charge in [0.15, 0.2) is 0 Å². The van der Waals surface area contributed by atoms with Crippen molar-refractivity contribution in [2.45, 2.75) is 52.4 Å². The molecule has 5 nitrogen and oxygen atoms in total. The Kier molecular flexibility index (Phi) is 8.41. The molecule has 0 radical (unpaired) electrons. The Morgan fingerprint density at radius 3 is 1.89 bits per heavy atom. The van der Waals surface area contributed by atoms with E-state index in [9.17, 15) is 9.60 Å². The second-order valence-electron chi connectivity index (χ2n) is 20.3. The van der Waals surface area contributed by atoms with Crippen LogP contribution in [0.4, 0.5) is 0 Å². The smallest absolute Gasteiger partial charge is 0.268 e. The van der Waals surface area contributed by atoms with Crippen molar-refractivity contribution in [3.63, 3.8) is 0 Å². The van der Waals surface area contributed by atoms with E-state index in [4.69, 9.17) is 17.9 Å². The molecule has 9 aromatic carbocycles. The molecule has 0 saturated heterocycles. The number of aromatic nitrogens is 4. The summed E-state index contributed by atoms with van der Waals surface area (Å²) in [6.07, 6.45) is 5.40. The number of imidazole rings is 1.